The van der Waals surface area contributed by atoms with Crippen LogP contribution in [-0.4, -0.2) is 7.05 Å². The third-order valence-corrected chi connectivity index (χ3v) is 4.25. The summed E-state index contributed by atoms with van der Waals surface area (Å²) in [6.07, 6.45) is 2.30. The van der Waals surface area contributed by atoms with Gasteiger partial charge in [0.25, 0.3) is 0 Å². The van der Waals surface area contributed by atoms with Crippen LogP contribution in [0.25, 0.3) is 0 Å². The molecule has 1 atom stereocenters. The van der Waals surface area contributed by atoms with E-state index in [9.17, 15) is 0 Å². The average Bonchev–Trinajstić information content (AvgIpc) is 2.45. The van der Waals surface area contributed by atoms with Crippen molar-refractivity contribution < 1.29 is 0 Å². The third-order valence-electron chi connectivity index (χ3n) is 3.41. The van der Waals surface area contributed by atoms with E-state index in [1.165, 1.54) is 17.5 Å². The zero-order chi connectivity index (χ0) is 14.5. The molecule has 20 heavy (non-hydrogen) atoms. The van der Waals surface area contributed by atoms with E-state index >= 15 is 0 Å². The number of benzene rings is 2. The lowest BCUT2D eigenvalue weighted by atomic mass is 9.97. The lowest BCUT2D eigenvalue weighted by Gasteiger charge is -2.19. The molecule has 0 aliphatic carbocycles. The van der Waals surface area contributed by atoms with Crippen LogP contribution in [0.2, 0.25) is 5.02 Å². The minimum Gasteiger partial charge on any atom is -0.309 e. The van der Waals surface area contributed by atoms with E-state index in [2.05, 4.69) is 58.5 Å². The molecule has 0 spiro atoms. The maximum atomic E-state index is 6.34. The maximum absolute atomic E-state index is 6.34. The van der Waals surface area contributed by atoms with E-state index in [1.807, 2.05) is 19.2 Å². The summed E-state index contributed by atoms with van der Waals surface area (Å²) in [5, 5.41) is 4.13. The molecular weight excluding hydrogens is 334 g/mol. The van der Waals surface area contributed by atoms with Gasteiger partial charge in [-0.25, -0.2) is 0 Å². The number of halogens is 2. The molecule has 2 rings (SSSR count). The highest BCUT2D eigenvalue weighted by atomic mass is 79.9. The van der Waals surface area contributed by atoms with Gasteiger partial charge in [0, 0.05) is 9.50 Å². The molecule has 3 heteroatoms. The van der Waals surface area contributed by atoms with Crippen molar-refractivity contribution in [1.29, 1.82) is 0 Å². The Kier molecular flexibility index (Phi) is 5.64. The summed E-state index contributed by atoms with van der Waals surface area (Å²) >= 11 is 9.85. The Morgan fingerprint density at radius 1 is 1.15 bits per heavy atom. The van der Waals surface area contributed by atoms with Gasteiger partial charge >= 0.3 is 0 Å². The van der Waals surface area contributed by atoms with Gasteiger partial charge in [0.2, 0.25) is 0 Å². The summed E-state index contributed by atoms with van der Waals surface area (Å²) < 4.78 is 1.04. The van der Waals surface area contributed by atoms with Crippen molar-refractivity contribution in [2.24, 2.45) is 0 Å². The Hall–Kier alpha value is -0.830. The van der Waals surface area contributed by atoms with E-state index in [1.54, 1.807) is 0 Å². The highest BCUT2D eigenvalue weighted by molar-refractivity contribution is 9.10. The zero-order valence-corrected chi connectivity index (χ0v) is 14.1. The molecule has 2 aromatic rings. The van der Waals surface area contributed by atoms with Gasteiger partial charge < -0.3 is 5.32 Å². The monoisotopic (exact) mass is 351 g/mol. The number of nitrogens with one attached hydrogen (secondary N) is 1. The van der Waals surface area contributed by atoms with Crippen LogP contribution in [0.15, 0.2) is 46.9 Å². The van der Waals surface area contributed by atoms with Gasteiger partial charge in [0.1, 0.15) is 0 Å². The van der Waals surface area contributed by atoms with E-state index in [-0.39, 0.29) is 6.04 Å². The highest BCUT2D eigenvalue weighted by Crippen LogP contribution is 2.30. The first kappa shape index (κ1) is 15.6. The number of hydrogen-bond acceptors (Lipinski definition) is 1. The molecule has 1 N–H and O–H groups in total. The van der Waals surface area contributed by atoms with Gasteiger partial charge in [-0.2, -0.15) is 0 Å². The summed E-state index contributed by atoms with van der Waals surface area (Å²) in [7, 11) is 1.96. The molecule has 0 bridgehead atoms. The summed E-state index contributed by atoms with van der Waals surface area (Å²) in [6.45, 7) is 2.20. The average molecular weight is 353 g/mol. The fraction of sp³-hybridized carbons (Fsp3) is 0.294. The van der Waals surface area contributed by atoms with Crippen LogP contribution < -0.4 is 5.32 Å². The summed E-state index contributed by atoms with van der Waals surface area (Å²) in [5.74, 6) is 0. The van der Waals surface area contributed by atoms with Gasteiger partial charge in [-0.15, -0.1) is 0 Å². The first-order chi connectivity index (χ1) is 9.65. The minimum atomic E-state index is 0.107. The molecule has 0 aromatic heterocycles. The summed E-state index contributed by atoms with van der Waals surface area (Å²) in [6, 6.07) is 14.8. The Labute approximate surface area is 134 Å². The van der Waals surface area contributed by atoms with Gasteiger partial charge in [-0.3, -0.25) is 0 Å². The minimum absolute atomic E-state index is 0.107. The second-order valence-electron chi connectivity index (χ2n) is 4.88. The standard InChI is InChI=1S/C17H19BrClN/c1-3-4-12-5-7-13(8-6-12)17(20-2)15-11-14(18)9-10-16(15)19/h5-11,17,20H,3-4H2,1-2H3. The first-order valence-electron chi connectivity index (χ1n) is 6.86. The second kappa shape index (κ2) is 7.26. The van der Waals surface area contributed by atoms with E-state index in [0.717, 1.165) is 21.5 Å². The molecule has 0 aliphatic rings. The van der Waals surface area contributed by atoms with Crippen molar-refractivity contribution in [3.63, 3.8) is 0 Å². The molecule has 0 radical (unpaired) electrons. The van der Waals surface area contributed by atoms with Gasteiger partial charge in [0.05, 0.1) is 6.04 Å². The van der Waals surface area contributed by atoms with Crippen molar-refractivity contribution in [2.75, 3.05) is 7.05 Å². The second-order valence-corrected chi connectivity index (χ2v) is 6.20. The van der Waals surface area contributed by atoms with Crippen molar-refractivity contribution in [3.8, 4) is 0 Å². The smallest absolute Gasteiger partial charge is 0.0589 e. The van der Waals surface area contributed by atoms with Crippen LogP contribution in [0.1, 0.15) is 36.1 Å². The van der Waals surface area contributed by atoms with Crippen LogP contribution >= 0.6 is 27.5 Å². The van der Waals surface area contributed by atoms with Gasteiger partial charge in [-0.1, -0.05) is 65.1 Å². The summed E-state index contributed by atoms with van der Waals surface area (Å²) in [4.78, 5) is 0. The van der Waals surface area contributed by atoms with E-state index < -0.39 is 0 Å². The maximum Gasteiger partial charge on any atom is 0.0589 e. The molecule has 1 nitrogen and oxygen atoms in total. The molecular formula is C17H19BrClN. The molecule has 0 saturated heterocycles. The first-order valence-corrected chi connectivity index (χ1v) is 8.04. The van der Waals surface area contributed by atoms with Crippen molar-refractivity contribution in [3.05, 3.63) is 68.7 Å². The van der Waals surface area contributed by atoms with Crippen molar-refractivity contribution >= 4 is 27.5 Å². The normalized spacial score (nSPS) is 12.4. The van der Waals surface area contributed by atoms with Gasteiger partial charge in [-0.05, 0) is 48.4 Å². The van der Waals surface area contributed by atoms with Crippen LogP contribution in [0.3, 0.4) is 0 Å². The molecule has 0 saturated carbocycles. The molecule has 2 aromatic carbocycles. The molecule has 0 amide bonds. The number of hydrogen-bond donors (Lipinski definition) is 1. The Morgan fingerprint density at radius 2 is 1.85 bits per heavy atom. The van der Waals surface area contributed by atoms with Gasteiger partial charge in [0.15, 0.2) is 0 Å². The lowest BCUT2D eigenvalue weighted by molar-refractivity contribution is 0.691. The summed E-state index contributed by atoms with van der Waals surface area (Å²) in [5.41, 5.74) is 3.70. The molecule has 0 aliphatic heterocycles. The fourth-order valence-corrected chi connectivity index (χ4v) is 3.01. The highest BCUT2D eigenvalue weighted by Gasteiger charge is 2.15. The van der Waals surface area contributed by atoms with Crippen molar-refractivity contribution in [2.45, 2.75) is 25.8 Å². The molecule has 0 heterocycles. The Bertz CT molecular complexity index is 566. The molecule has 1 unspecified atom stereocenters. The van der Waals surface area contributed by atoms with Crippen molar-refractivity contribution in [1.82, 2.24) is 5.32 Å². The van der Waals surface area contributed by atoms with Crippen LogP contribution in [-0.2, 0) is 6.42 Å². The Morgan fingerprint density at radius 3 is 2.45 bits per heavy atom. The largest absolute Gasteiger partial charge is 0.309 e. The molecule has 0 fully saturated rings. The predicted octanol–water partition coefficient (Wildman–Crippen LogP) is 5.36. The Balaban J connectivity index is 2.34. The lowest BCUT2D eigenvalue weighted by Crippen LogP contribution is -2.18. The number of aryl methyl sites for hydroxylation is 1. The van der Waals surface area contributed by atoms with Crippen LogP contribution in [0, 0.1) is 0 Å². The third kappa shape index (κ3) is 3.63. The molecule has 106 valence electrons. The van der Waals surface area contributed by atoms with E-state index in [0.29, 0.717) is 0 Å². The topological polar surface area (TPSA) is 12.0 Å². The number of rotatable bonds is 5. The SMILES string of the molecule is CCCc1ccc(C(NC)c2cc(Br)ccc2Cl)cc1. The quantitative estimate of drug-likeness (QED) is 0.763. The van der Waals surface area contributed by atoms with Crippen LogP contribution in [0.4, 0.5) is 0 Å². The van der Waals surface area contributed by atoms with E-state index in [4.69, 9.17) is 11.6 Å². The fourth-order valence-electron chi connectivity index (χ4n) is 2.40. The van der Waals surface area contributed by atoms with Crippen LogP contribution in [0.5, 0.6) is 0 Å². The zero-order valence-electron chi connectivity index (χ0n) is 11.8. The predicted molar refractivity (Wildman–Crippen MR) is 90.5 cm³/mol.